The smallest absolute Gasteiger partial charge is 0.129 e. The lowest BCUT2D eigenvalue weighted by Crippen LogP contribution is -1.88. The molecule has 0 nitrogen and oxygen atoms in total. The second kappa shape index (κ2) is 3.55. The van der Waals surface area contributed by atoms with Gasteiger partial charge in [0.25, 0.3) is 0 Å². The summed E-state index contributed by atoms with van der Waals surface area (Å²) < 4.78 is 13.0. The fraction of sp³-hybridized carbons (Fsp3) is 0.250. The predicted octanol–water partition coefficient (Wildman–Crippen LogP) is 3.94. The normalized spacial score (nSPS) is 13.1. The molecule has 3 heteroatoms. The minimum Gasteiger partial charge on any atom is -0.207 e. The summed E-state index contributed by atoms with van der Waals surface area (Å²) in [6.07, 6.45) is 0. The van der Waals surface area contributed by atoms with Crippen molar-refractivity contribution >= 4 is 27.5 Å². The quantitative estimate of drug-likeness (QED) is 0.649. The van der Waals surface area contributed by atoms with E-state index in [1.165, 1.54) is 6.07 Å². The average Bonchev–Trinajstić information content (AvgIpc) is 1.85. The Kier molecular flexibility index (Phi) is 2.90. The van der Waals surface area contributed by atoms with Gasteiger partial charge in [-0.3, -0.25) is 0 Å². The van der Waals surface area contributed by atoms with Crippen molar-refractivity contribution in [2.45, 2.75) is 11.8 Å². The third kappa shape index (κ3) is 2.17. The van der Waals surface area contributed by atoms with Crippen LogP contribution in [0, 0.1) is 5.82 Å². The Morgan fingerprint density at radius 1 is 1.55 bits per heavy atom. The summed E-state index contributed by atoms with van der Waals surface area (Å²) >= 11 is 8.84. The molecule has 1 atom stereocenters. The van der Waals surface area contributed by atoms with Crippen molar-refractivity contribution in [3.63, 3.8) is 0 Å². The van der Waals surface area contributed by atoms with E-state index in [1.54, 1.807) is 12.1 Å². The summed E-state index contributed by atoms with van der Waals surface area (Å²) in [5, 5.41) is 0.430. The van der Waals surface area contributed by atoms with E-state index in [2.05, 4.69) is 15.9 Å². The van der Waals surface area contributed by atoms with Crippen molar-refractivity contribution in [2.24, 2.45) is 0 Å². The molecule has 0 saturated heterocycles. The molecule has 0 aromatic heterocycles. The second-order valence-electron chi connectivity index (χ2n) is 2.28. The second-order valence-corrected chi connectivity index (χ2v) is 4.09. The molecular formula is C8H7BrClF. The van der Waals surface area contributed by atoms with Crippen LogP contribution in [0.25, 0.3) is 0 Å². The molecule has 0 amide bonds. The number of hydrogen-bond acceptors (Lipinski definition) is 0. The molecule has 0 fully saturated rings. The van der Waals surface area contributed by atoms with Gasteiger partial charge in [0.05, 0.1) is 0 Å². The first-order chi connectivity index (χ1) is 5.11. The van der Waals surface area contributed by atoms with Crippen LogP contribution >= 0.6 is 27.5 Å². The monoisotopic (exact) mass is 236 g/mol. The lowest BCUT2D eigenvalue weighted by Gasteiger charge is -2.04. The fourth-order valence-corrected chi connectivity index (χ4v) is 1.35. The van der Waals surface area contributed by atoms with Gasteiger partial charge in [0, 0.05) is 15.4 Å². The number of hydrogen-bond donors (Lipinski definition) is 0. The van der Waals surface area contributed by atoms with E-state index in [0.717, 1.165) is 0 Å². The summed E-state index contributed by atoms with van der Waals surface area (Å²) in [5.74, 6) is -0.262. The maximum Gasteiger partial charge on any atom is 0.129 e. The SMILES string of the molecule is CC(Br)c1ccc(Cl)cc1F. The van der Waals surface area contributed by atoms with Crippen LogP contribution in [0.2, 0.25) is 5.02 Å². The topological polar surface area (TPSA) is 0 Å². The standard InChI is InChI=1S/C8H7BrClF/c1-5(9)7-3-2-6(10)4-8(7)11/h2-5H,1H3. The summed E-state index contributed by atoms with van der Waals surface area (Å²) in [6, 6.07) is 4.67. The molecule has 1 unspecified atom stereocenters. The van der Waals surface area contributed by atoms with Crippen LogP contribution in [0.15, 0.2) is 18.2 Å². The van der Waals surface area contributed by atoms with Gasteiger partial charge in [-0.25, -0.2) is 4.39 Å². The van der Waals surface area contributed by atoms with Crippen LogP contribution in [0.5, 0.6) is 0 Å². The van der Waals surface area contributed by atoms with Gasteiger partial charge in [0.15, 0.2) is 0 Å². The molecule has 11 heavy (non-hydrogen) atoms. The average molecular weight is 237 g/mol. The van der Waals surface area contributed by atoms with E-state index in [-0.39, 0.29) is 10.6 Å². The van der Waals surface area contributed by atoms with Gasteiger partial charge in [0.1, 0.15) is 5.82 Å². The zero-order valence-electron chi connectivity index (χ0n) is 5.94. The molecule has 1 aromatic rings. The predicted molar refractivity (Wildman–Crippen MR) is 48.8 cm³/mol. The van der Waals surface area contributed by atoms with Crippen molar-refractivity contribution in [3.05, 3.63) is 34.6 Å². The van der Waals surface area contributed by atoms with Gasteiger partial charge in [-0.05, 0) is 19.1 Å². The molecule has 0 saturated carbocycles. The third-order valence-electron chi connectivity index (χ3n) is 1.39. The Morgan fingerprint density at radius 3 is 2.64 bits per heavy atom. The van der Waals surface area contributed by atoms with E-state index in [0.29, 0.717) is 10.6 Å². The zero-order chi connectivity index (χ0) is 8.43. The first kappa shape index (κ1) is 9.01. The molecule has 1 aromatic carbocycles. The fourth-order valence-electron chi connectivity index (χ4n) is 0.824. The molecule has 0 aliphatic heterocycles. The van der Waals surface area contributed by atoms with Crippen LogP contribution in [-0.2, 0) is 0 Å². The van der Waals surface area contributed by atoms with E-state index in [4.69, 9.17) is 11.6 Å². The van der Waals surface area contributed by atoms with Crippen LogP contribution in [0.4, 0.5) is 4.39 Å². The Hall–Kier alpha value is -0.0800. The third-order valence-corrected chi connectivity index (χ3v) is 2.12. The van der Waals surface area contributed by atoms with Crippen molar-refractivity contribution in [1.82, 2.24) is 0 Å². The zero-order valence-corrected chi connectivity index (χ0v) is 8.29. The summed E-state index contributed by atoms with van der Waals surface area (Å²) in [5.41, 5.74) is 0.634. The summed E-state index contributed by atoms with van der Waals surface area (Å²) in [6.45, 7) is 1.87. The Balaban J connectivity index is 3.09. The van der Waals surface area contributed by atoms with Gasteiger partial charge in [-0.15, -0.1) is 0 Å². The summed E-state index contributed by atoms with van der Waals surface area (Å²) in [7, 11) is 0. The largest absolute Gasteiger partial charge is 0.207 e. The molecule has 0 aliphatic carbocycles. The molecule has 60 valence electrons. The molecule has 0 aliphatic rings. The number of benzene rings is 1. The first-order valence-electron chi connectivity index (χ1n) is 3.20. The van der Waals surface area contributed by atoms with Gasteiger partial charge in [-0.1, -0.05) is 33.6 Å². The van der Waals surface area contributed by atoms with E-state index in [9.17, 15) is 4.39 Å². The van der Waals surface area contributed by atoms with Crippen molar-refractivity contribution in [2.75, 3.05) is 0 Å². The Morgan fingerprint density at radius 2 is 2.18 bits per heavy atom. The molecule has 0 spiro atoms. The highest BCUT2D eigenvalue weighted by Crippen LogP contribution is 2.25. The molecule has 0 heterocycles. The van der Waals surface area contributed by atoms with Gasteiger partial charge in [-0.2, -0.15) is 0 Å². The lowest BCUT2D eigenvalue weighted by atomic mass is 10.2. The van der Waals surface area contributed by atoms with Crippen molar-refractivity contribution in [1.29, 1.82) is 0 Å². The minimum atomic E-state index is -0.262. The number of halogens is 3. The van der Waals surface area contributed by atoms with Gasteiger partial charge < -0.3 is 0 Å². The lowest BCUT2D eigenvalue weighted by molar-refractivity contribution is 0.612. The summed E-state index contributed by atoms with van der Waals surface area (Å²) in [4.78, 5) is 0.0276. The van der Waals surface area contributed by atoms with Crippen LogP contribution < -0.4 is 0 Å². The van der Waals surface area contributed by atoms with Crippen LogP contribution in [-0.4, -0.2) is 0 Å². The van der Waals surface area contributed by atoms with Crippen LogP contribution in [0.3, 0.4) is 0 Å². The van der Waals surface area contributed by atoms with Crippen molar-refractivity contribution in [3.8, 4) is 0 Å². The number of alkyl halides is 1. The van der Waals surface area contributed by atoms with E-state index < -0.39 is 0 Å². The minimum absolute atomic E-state index is 0.0276. The molecule has 0 N–H and O–H groups in total. The highest BCUT2D eigenvalue weighted by atomic mass is 79.9. The molecule has 0 radical (unpaired) electrons. The number of rotatable bonds is 1. The highest BCUT2D eigenvalue weighted by molar-refractivity contribution is 9.09. The van der Waals surface area contributed by atoms with Crippen molar-refractivity contribution < 1.29 is 4.39 Å². The Bertz CT molecular complexity index is 260. The molecule has 1 rings (SSSR count). The van der Waals surface area contributed by atoms with Gasteiger partial charge >= 0.3 is 0 Å². The van der Waals surface area contributed by atoms with Gasteiger partial charge in [0.2, 0.25) is 0 Å². The maximum atomic E-state index is 13.0. The van der Waals surface area contributed by atoms with E-state index in [1.807, 2.05) is 6.92 Å². The highest BCUT2D eigenvalue weighted by Gasteiger charge is 2.06. The molecular weight excluding hydrogens is 230 g/mol. The van der Waals surface area contributed by atoms with Crippen LogP contribution in [0.1, 0.15) is 17.3 Å². The van der Waals surface area contributed by atoms with E-state index >= 15 is 0 Å². The Labute approximate surface area is 78.5 Å². The molecule has 0 bridgehead atoms. The maximum absolute atomic E-state index is 13.0. The first-order valence-corrected chi connectivity index (χ1v) is 4.49.